The molecule has 4 nitrogen and oxygen atoms in total. The molecule has 2 fully saturated rings. The molecule has 2 unspecified atom stereocenters. The van der Waals surface area contributed by atoms with Crippen LogP contribution in [0.15, 0.2) is 24.3 Å². The van der Waals surface area contributed by atoms with Gasteiger partial charge in [0.25, 0.3) is 0 Å². The van der Waals surface area contributed by atoms with Crippen molar-refractivity contribution >= 4 is 11.7 Å². The Morgan fingerprint density at radius 3 is 3.00 bits per heavy atom. The molecule has 0 radical (unpaired) electrons. The molecule has 0 spiro atoms. The fourth-order valence-corrected chi connectivity index (χ4v) is 3.02. The van der Waals surface area contributed by atoms with Gasteiger partial charge in [0.15, 0.2) is 5.78 Å². The van der Waals surface area contributed by atoms with Crippen LogP contribution in [0.25, 0.3) is 0 Å². The first-order valence-electron chi connectivity index (χ1n) is 6.14. The van der Waals surface area contributed by atoms with Crippen LogP contribution in [-0.2, 0) is 15.0 Å². The smallest absolute Gasteiger partial charge is 0.231 e. The summed E-state index contributed by atoms with van der Waals surface area (Å²) in [5.74, 6) is 0.876. The predicted octanol–water partition coefficient (Wildman–Crippen LogP) is 1.18. The minimum absolute atomic E-state index is 0.0217. The number of hydrogen-bond acceptors (Lipinski definition) is 3. The summed E-state index contributed by atoms with van der Waals surface area (Å²) in [6, 6.07) is 7.30. The number of amides is 1. The highest BCUT2D eigenvalue weighted by molar-refractivity contribution is 6.01. The molecule has 2 aliphatic rings. The second kappa shape index (κ2) is 3.83. The molecule has 1 aliphatic carbocycles. The summed E-state index contributed by atoms with van der Waals surface area (Å²) in [7, 11) is 1.61. The van der Waals surface area contributed by atoms with Gasteiger partial charge < -0.3 is 10.1 Å². The van der Waals surface area contributed by atoms with Crippen LogP contribution in [0.5, 0.6) is 5.75 Å². The maximum atomic E-state index is 12.2. The van der Waals surface area contributed by atoms with E-state index in [4.69, 9.17) is 4.74 Å². The summed E-state index contributed by atoms with van der Waals surface area (Å²) < 4.78 is 5.21. The van der Waals surface area contributed by atoms with Crippen molar-refractivity contribution in [3.8, 4) is 5.75 Å². The number of rotatable bonds is 2. The summed E-state index contributed by atoms with van der Waals surface area (Å²) in [5.41, 5.74) is 0.418. The maximum Gasteiger partial charge on any atom is 0.231 e. The number of carbonyl (C=O) groups excluding carboxylic acids is 2. The monoisotopic (exact) mass is 245 g/mol. The number of Topliss-reactive ketones (excluding diaryl/α,β-unsaturated/α-hetero) is 1. The zero-order valence-electron chi connectivity index (χ0n) is 10.2. The first-order chi connectivity index (χ1) is 8.65. The number of fused-ring (bicyclic) bond motifs is 2. The highest BCUT2D eigenvalue weighted by Crippen LogP contribution is 2.43. The third-order valence-corrected chi connectivity index (χ3v) is 4.10. The van der Waals surface area contributed by atoms with Crippen LogP contribution in [0.4, 0.5) is 0 Å². The molecule has 1 aliphatic heterocycles. The molecular weight excluding hydrogens is 230 g/mol. The summed E-state index contributed by atoms with van der Waals surface area (Å²) in [6.45, 7) is 0. The number of methoxy groups -OCH3 is 1. The number of carbonyl (C=O) groups is 2. The Morgan fingerprint density at radius 1 is 1.39 bits per heavy atom. The summed E-state index contributed by atoms with van der Waals surface area (Å²) >= 11 is 0. The van der Waals surface area contributed by atoms with Gasteiger partial charge in [-0.15, -0.1) is 0 Å². The van der Waals surface area contributed by atoms with Crippen molar-refractivity contribution in [1.29, 1.82) is 0 Å². The minimum Gasteiger partial charge on any atom is -0.497 e. The average molecular weight is 245 g/mol. The van der Waals surface area contributed by atoms with Gasteiger partial charge in [-0.3, -0.25) is 9.59 Å². The number of ether oxygens (including phenoxy) is 1. The third-order valence-electron chi connectivity index (χ3n) is 4.10. The maximum absolute atomic E-state index is 12.2. The van der Waals surface area contributed by atoms with E-state index >= 15 is 0 Å². The molecule has 18 heavy (non-hydrogen) atoms. The molecule has 3 rings (SSSR count). The molecule has 2 atom stereocenters. The molecule has 94 valence electrons. The zero-order chi connectivity index (χ0) is 12.8. The van der Waals surface area contributed by atoms with Gasteiger partial charge in [0.2, 0.25) is 5.91 Å². The van der Waals surface area contributed by atoms with Gasteiger partial charge in [-0.2, -0.15) is 0 Å². The van der Waals surface area contributed by atoms with Crippen molar-refractivity contribution in [2.75, 3.05) is 7.11 Å². The number of nitrogens with one attached hydrogen (secondary N) is 1. The average Bonchev–Trinajstić information content (AvgIpc) is 2.69. The molecule has 2 bridgehead atoms. The van der Waals surface area contributed by atoms with Crippen LogP contribution in [0.1, 0.15) is 24.8 Å². The lowest BCUT2D eigenvalue weighted by Gasteiger charge is -2.29. The number of benzene rings is 1. The summed E-state index contributed by atoms with van der Waals surface area (Å²) in [4.78, 5) is 23.9. The Bertz CT molecular complexity index is 526. The van der Waals surface area contributed by atoms with E-state index in [2.05, 4.69) is 5.32 Å². The van der Waals surface area contributed by atoms with Crippen LogP contribution in [0.3, 0.4) is 0 Å². The van der Waals surface area contributed by atoms with Crippen molar-refractivity contribution in [1.82, 2.24) is 5.32 Å². The molecule has 1 saturated heterocycles. The predicted molar refractivity (Wildman–Crippen MR) is 65.5 cm³/mol. The second-order valence-corrected chi connectivity index (χ2v) is 5.01. The van der Waals surface area contributed by atoms with Gasteiger partial charge >= 0.3 is 0 Å². The van der Waals surface area contributed by atoms with E-state index in [-0.39, 0.29) is 17.7 Å². The van der Waals surface area contributed by atoms with E-state index in [9.17, 15) is 9.59 Å². The molecule has 1 heterocycles. The Hall–Kier alpha value is -1.84. The largest absolute Gasteiger partial charge is 0.497 e. The van der Waals surface area contributed by atoms with E-state index in [1.807, 2.05) is 24.3 Å². The van der Waals surface area contributed by atoms with Crippen molar-refractivity contribution in [3.63, 3.8) is 0 Å². The molecule has 1 saturated carbocycles. The van der Waals surface area contributed by atoms with E-state index in [1.54, 1.807) is 7.11 Å². The minimum atomic E-state index is -0.535. The summed E-state index contributed by atoms with van der Waals surface area (Å²) in [5, 5.41) is 2.81. The third kappa shape index (κ3) is 1.45. The van der Waals surface area contributed by atoms with Gasteiger partial charge in [0.05, 0.1) is 18.6 Å². The summed E-state index contributed by atoms with van der Waals surface area (Å²) in [6.07, 6.45) is 1.65. The molecule has 1 aromatic carbocycles. The quantitative estimate of drug-likeness (QED) is 0.851. The van der Waals surface area contributed by atoms with E-state index in [0.717, 1.165) is 11.3 Å². The lowest BCUT2D eigenvalue weighted by atomic mass is 9.70. The SMILES string of the molecule is COc1cccc(C23CCC(=O)C(C2)NC3=O)c1. The molecule has 4 heteroatoms. The molecular formula is C14H15NO3. The first kappa shape index (κ1) is 11.3. The molecule has 1 N–H and O–H groups in total. The fraction of sp³-hybridized carbons (Fsp3) is 0.429. The van der Waals surface area contributed by atoms with Gasteiger partial charge in [-0.25, -0.2) is 0 Å². The van der Waals surface area contributed by atoms with Crippen molar-refractivity contribution in [3.05, 3.63) is 29.8 Å². The van der Waals surface area contributed by atoms with E-state index in [0.29, 0.717) is 19.3 Å². The molecule has 1 amide bonds. The van der Waals surface area contributed by atoms with Crippen LogP contribution in [-0.4, -0.2) is 24.8 Å². The zero-order valence-corrected chi connectivity index (χ0v) is 10.2. The fourth-order valence-electron chi connectivity index (χ4n) is 3.02. The van der Waals surface area contributed by atoms with Crippen LogP contribution >= 0.6 is 0 Å². The lowest BCUT2D eigenvalue weighted by molar-refractivity contribution is -0.124. The van der Waals surface area contributed by atoms with Gasteiger partial charge in [0.1, 0.15) is 5.75 Å². The van der Waals surface area contributed by atoms with E-state index < -0.39 is 5.41 Å². The van der Waals surface area contributed by atoms with Gasteiger partial charge in [0, 0.05) is 6.42 Å². The molecule has 0 aromatic heterocycles. The highest BCUT2D eigenvalue weighted by atomic mass is 16.5. The standard InChI is InChI=1S/C14H15NO3/c1-18-10-4-2-3-9(7-10)14-6-5-12(16)11(8-14)15-13(14)17/h2-4,7,11H,5-6,8H2,1H3,(H,15,17). The Labute approximate surface area is 105 Å². The number of ketones is 1. The number of hydrogen-bond donors (Lipinski definition) is 1. The second-order valence-electron chi connectivity index (χ2n) is 5.01. The molecule has 1 aromatic rings. The van der Waals surface area contributed by atoms with Crippen LogP contribution in [0.2, 0.25) is 0 Å². The Kier molecular flexibility index (Phi) is 2.40. The normalized spacial score (nSPS) is 30.2. The Morgan fingerprint density at radius 2 is 2.22 bits per heavy atom. The Balaban J connectivity index is 2.04. The van der Waals surface area contributed by atoms with Gasteiger partial charge in [-0.05, 0) is 30.5 Å². The van der Waals surface area contributed by atoms with Crippen molar-refractivity contribution < 1.29 is 14.3 Å². The topological polar surface area (TPSA) is 55.4 Å². The van der Waals surface area contributed by atoms with Crippen LogP contribution < -0.4 is 10.1 Å². The van der Waals surface area contributed by atoms with Crippen molar-refractivity contribution in [2.24, 2.45) is 0 Å². The van der Waals surface area contributed by atoms with Gasteiger partial charge in [-0.1, -0.05) is 12.1 Å². The lowest BCUT2D eigenvalue weighted by Crippen LogP contribution is -2.36. The highest BCUT2D eigenvalue weighted by Gasteiger charge is 2.53. The van der Waals surface area contributed by atoms with E-state index in [1.165, 1.54) is 0 Å². The van der Waals surface area contributed by atoms with Crippen LogP contribution in [0, 0.1) is 0 Å². The van der Waals surface area contributed by atoms with Crippen molar-refractivity contribution in [2.45, 2.75) is 30.7 Å². The first-order valence-corrected chi connectivity index (χ1v) is 6.14.